The maximum Gasteiger partial charge on any atom is 0.239 e. The van der Waals surface area contributed by atoms with Gasteiger partial charge in [0.25, 0.3) is 0 Å². The fourth-order valence-corrected chi connectivity index (χ4v) is 3.56. The smallest absolute Gasteiger partial charge is 0.239 e. The van der Waals surface area contributed by atoms with Gasteiger partial charge in [0.2, 0.25) is 11.0 Å². The number of aromatic nitrogens is 2. The van der Waals surface area contributed by atoms with E-state index in [1.165, 1.54) is 22.7 Å². The molecule has 0 aliphatic heterocycles. The average molecular weight is 409 g/mol. The van der Waals surface area contributed by atoms with Gasteiger partial charge >= 0.3 is 0 Å². The number of aryl methyl sites for hydroxylation is 1. The van der Waals surface area contributed by atoms with Crippen LogP contribution >= 0.6 is 11.5 Å². The first-order valence-electron chi connectivity index (χ1n) is 9.93. The van der Waals surface area contributed by atoms with E-state index in [2.05, 4.69) is 66.9 Å². The molecule has 5 nitrogen and oxygen atoms in total. The van der Waals surface area contributed by atoms with Gasteiger partial charge in [-0.15, -0.1) is 0 Å². The molecular formula is C23H28N4OS. The Morgan fingerprint density at radius 3 is 2.48 bits per heavy atom. The van der Waals surface area contributed by atoms with Crippen LogP contribution in [-0.4, -0.2) is 28.4 Å². The third-order valence-corrected chi connectivity index (χ3v) is 5.28. The van der Waals surface area contributed by atoms with Crippen LogP contribution in [-0.2, 0) is 17.8 Å². The van der Waals surface area contributed by atoms with E-state index in [4.69, 9.17) is 4.98 Å². The summed E-state index contributed by atoms with van der Waals surface area (Å²) in [6, 6.07) is 18.6. The van der Waals surface area contributed by atoms with Gasteiger partial charge < -0.3 is 10.2 Å². The molecule has 0 aliphatic carbocycles. The van der Waals surface area contributed by atoms with Gasteiger partial charge in [0.1, 0.15) is 5.82 Å². The van der Waals surface area contributed by atoms with Crippen LogP contribution in [0.25, 0.3) is 0 Å². The Hall–Kier alpha value is -2.73. The number of carbonyl (C=O) groups excluding carboxylic acids is 1. The van der Waals surface area contributed by atoms with E-state index in [-0.39, 0.29) is 12.5 Å². The van der Waals surface area contributed by atoms with Crippen LogP contribution in [0, 0.1) is 12.8 Å². The van der Waals surface area contributed by atoms with Gasteiger partial charge in [-0.05, 0) is 24.0 Å². The number of hydrogen-bond donors (Lipinski definition) is 1. The minimum Gasteiger partial charge on any atom is -0.354 e. The van der Waals surface area contributed by atoms with E-state index >= 15 is 0 Å². The van der Waals surface area contributed by atoms with Crippen molar-refractivity contribution in [1.29, 1.82) is 0 Å². The summed E-state index contributed by atoms with van der Waals surface area (Å²) in [5.74, 6) is 1.21. The standard InChI is InChI=1S/C23H28N4OS/c1-17(2)14-24-22(28)16-27(15-20-7-5-4-6-8-20)23-25-21(26-29-23)13-19-11-9-18(3)10-12-19/h4-12,17H,13-16H2,1-3H3,(H,24,28). The number of nitrogens with zero attached hydrogens (tertiary/aromatic N) is 3. The van der Waals surface area contributed by atoms with Crippen LogP contribution in [0.4, 0.5) is 5.13 Å². The van der Waals surface area contributed by atoms with E-state index in [1.807, 2.05) is 23.1 Å². The summed E-state index contributed by atoms with van der Waals surface area (Å²) < 4.78 is 4.54. The first kappa shape index (κ1) is 21.0. The Labute approximate surface area is 177 Å². The highest BCUT2D eigenvalue weighted by Crippen LogP contribution is 2.21. The molecule has 29 heavy (non-hydrogen) atoms. The first-order valence-corrected chi connectivity index (χ1v) is 10.7. The fourth-order valence-electron chi connectivity index (χ4n) is 2.88. The highest BCUT2D eigenvalue weighted by atomic mass is 32.1. The first-order chi connectivity index (χ1) is 14.0. The largest absolute Gasteiger partial charge is 0.354 e. The normalized spacial score (nSPS) is 10.9. The molecule has 0 unspecified atom stereocenters. The summed E-state index contributed by atoms with van der Waals surface area (Å²) in [5, 5.41) is 3.77. The number of carbonyl (C=O) groups is 1. The molecule has 1 aromatic heterocycles. The molecule has 0 atom stereocenters. The quantitative estimate of drug-likeness (QED) is 0.576. The van der Waals surface area contributed by atoms with E-state index in [0.717, 1.165) is 16.5 Å². The Bertz CT molecular complexity index is 906. The van der Waals surface area contributed by atoms with Gasteiger partial charge in [0, 0.05) is 31.0 Å². The predicted molar refractivity (Wildman–Crippen MR) is 119 cm³/mol. The Balaban J connectivity index is 1.73. The monoisotopic (exact) mass is 408 g/mol. The third-order valence-electron chi connectivity index (χ3n) is 4.47. The molecule has 3 aromatic rings. The Kier molecular flexibility index (Phi) is 7.36. The van der Waals surface area contributed by atoms with Crippen LogP contribution in [0.2, 0.25) is 0 Å². The van der Waals surface area contributed by atoms with E-state index in [0.29, 0.717) is 25.4 Å². The zero-order chi connectivity index (χ0) is 20.6. The maximum absolute atomic E-state index is 12.5. The summed E-state index contributed by atoms with van der Waals surface area (Å²) in [7, 11) is 0. The molecule has 152 valence electrons. The second-order valence-corrected chi connectivity index (χ2v) is 8.43. The van der Waals surface area contributed by atoms with Crippen LogP contribution < -0.4 is 10.2 Å². The van der Waals surface area contributed by atoms with Crippen LogP contribution in [0.5, 0.6) is 0 Å². The van der Waals surface area contributed by atoms with Crippen molar-refractivity contribution in [3.63, 3.8) is 0 Å². The molecule has 3 rings (SSSR count). The van der Waals surface area contributed by atoms with Gasteiger partial charge in [-0.25, -0.2) is 4.98 Å². The molecule has 0 spiro atoms. The molecule has 0 radical (unpaired) electrons. The van der Waals surface area contributed by atoms with Crippen molar-refractivity contribution in [1.82, 2.24) is 14.7 Å². The number of rotatable bonds is 9. The zero-order valence-corrected chi connectivity index (χ0v) is 18.1. The minimum absolute atomic E-state index is 0.00455. The van der Waals surface area contributed by atoms with E-state index in [9.17, 15) is 4.79 Å². The van der Waals surface area contributed by atoms with Crippen molar-refractivity contribution >= 4 is 22.6 Å². The van der Waals surface area contributed by atoms with Gasteiger partial charge in [-0.3, -0.25) is 4.79 Å². The molecule has 6 heteroatoms. The van der Waals surface area contributed by atoms with Gasteiger partial charge in [0.15, 0.2) is 0 Å². The highest BCUT2D eigenvalue weighted by Gasteiger charge is 2.17. The van der Waals surface area contributed by atoms with Crippen molar-refractivity contribution in [3.8, 4) is 0 Å². The highest BCUT2D eigenvalue weighted by molar-refractivity contribution is 7.09. The average Bonchev–Trinajstić information content (AvgIpc) is 3.17. The Morgan fingerprint density at radius 1 is 1.07 bits per heavy atom. The Morgan fingerprint density at radius 2 is 1.79 bits per heavy atom. The molecule has 0 aliphatic rings. The second kappa shape index (κ2) is 10.2. The molecule has 0 saturated heterocycles. The lowest BCUT2D eigenvalue weighted by atomic mass is 10.1. The minimum atomic E-state index is 0.00455. The molecule has 0 bridgehead atoms. The van der Waals surface area contributed by atoms with Crippen molar-refractivity contribution < 1.29 is 4.79 Å². The van der Waals surface area contributed by atoms with Crippen LogP contribution in [0.3, 0.4) is 0 Å². The van der Waals surface area contributed by atoms with Crippen LogP contribution in [0.15, 0.2) is 54.6 Å². The lowest BCUT2D eigenvalue weighted by molar-refractivity contribution is -0.119. The molecule has 0 saturated carbocycles. The van der Waals surface area contributed by atoms with Crippen molar-refractivity contribution in [3.05, 3.63) is 77.1 Å². The van der Waals surface area contributed by atoms with Gasteiger partial charge in [-0.2, -0.15) is 4.37 Å². The third kappa shape index (κ3) is 6.68. The molecule has 1 amide bonds. The molecule has 1 N–H and O–H groups in total. The van der Waals surface area contributed by atoms with Crippen LogP contribution in [0.1, 0.15) is 36.4 Å². The summed E-state index contributed by atoms with van der Waals surface area (Å²) in [5.41, 5.74) is 3.56. The van der Waals surface area contributed by atoms with Crippen molar-refractivity contribution in [2.75, 3.05) is 18.0 Å². The summed E-state index contributed by atoms with van der Waals surface area (Å²) >= 11 is 1.35. The summed E-state index contributed by atoms with van der Waals surface area (Å²) in [4.78, 5) is 19.2. The molecule has 1 heterocycles. The molecular weight excluding hydrogens is 380 g/mol. The zero-order valence-electron chi connectivity index (χ0n) is 17.3. The lowest BCUT2D eigenvalue weighted by Crippen LogP contribution is -2.38. The maximum atomic E-state index is 12.5. The number of hydrogen-bond acceptors (Lipinski definition) is 5. The predicted octanol–water partition coefficient (Wildman–Crippen LogP) is 4.22. The van der Waals surface area contributed by atoms with E-state index in [1.54, 1.807) is 0 Å². The number of benzene rings is 2. The summed E-state index contributed by atoms with van der Waals surface area (Å²) in [6.45, 7) is 7.81. The second-order valence-electron chi connectivity index (χ2n) is 7.70. The fraction of sp³-hybridized carbons (Fsp3) is 0.348. The molecule has 2 aromatic carbocycles. The van der Waals surface area contributed by atoms with Gasteiger partial charge in [0.05, 0.1) is 6.54 Å². The van der Waals surface area contributed by atoms with E-state index < -0.39 is 0 Å². The van der Waals surface area contributed by atoms with Gasteiger partial charge in [-0.1, -0.05) is 74.0 Å². The van der Waals surface area contributed by atoms with Crippen molar-refractivity contribution in [2.24, 2.45) is 5.92 Å². The van der Waals surface area contributed by atoms with Crippen molar-refractivity contribution in [2.45, 2.75) is 33.7 Å². The SMILES string of the molecule is Cc1ccc(Cc2nsc(N(CC(=O)NCC(C)C)Cc3ccccc3)n2)cc1. The number of nitrogens with one attached hydrogen (secondary N) is 1. The molecule has 0 fully saturated rings. The lowest BCUT2D eigenvalue weighted by Gasteiger charge is -2.21. The number of anilines is 1. The number of amides is 1. The topological polar surface area (TPSA) is 58.1 Å². The summed E-state index contributed by atoms with van der Waals surface area (Å²) in [6.07, 6.45) is 0.690.